The van der Waals surface area contributed by atoms with Gasteiger partial charge < -0.3 is 20.1 Å². The van der Waals surface area contributed by atoms with E-state index in [0.29, 0.717) is 36.1 Å². The average molecular weight is 645 g/mol. The maximum absolute atomic E-state index is 13.2. The van der Waals surface area contributed by atoms with Crippen LogP contribution in [0, 0.1) is 0 Å². The minimum atomic E-state index is -0.460. The van der Waals surface area contributed by atoms with Crippen molar-refractivity contribution in [2.75, 3.05) is 36.9 Å². The number of thioether (sulfide) groups is 2. The zero-order chi connectivity index (χ0) is 30.2. The normalized spacial score (nSPS) is 16.7. The molecule has 220 valence electrons. The molecule has 2 aliphatic heterocycles. The van der Waals surface area contributed by atoms with Crippen LogP contribution in [0.1, 0.15) is 26.7 Å². The number of carbonyl (C=O) groups excluding carboxylic acids is 4. The fraction of sp³-hybridized carbons (Fsp3) is 0.286. The van der Waals surface area contributed by atoms with Gasteiger partial charge in [-0.15, -0.1) is 0 Å². The Labute approximate surface area is 262 Å². The van der Waals surface area contributed by atoms with Crippen molar-refractivity contribution in [2.45, 2.75) is 26.7 Å². The number of nitrogens with zero attached hydrogens (tertiary/aromatic N) is 2. The molecule has 42 heavy (non-hydrogen) atoms. The van der Waals surface area contributed by atoms with Gasteiger partial charge in [0.05, 0.1) is 34.4 Å². The molecule has 2 aliphatic rings. The van der Waals surface area contributed by atoms with Crippen molar-refractivity contribution in [2.24, 2.45) is 0 Å². The number of carbonyl (C=O) groups is 4. The van der Waals surface area contributed by atoms with Crippen LogP contribution in [0.2, 0.25) is 0 Å². The molecule has 4 rings (SSSR count). The van der Waals surface area contributed by atoms with Crippen molar-refractivity contribution in [3.05, 3.63) is 58.3 Å². The van der Waals surface area contributed by atoms with Gasteiger partial charge in [0.1, 0.15) is 20.1 Å². The molecule has 2 aromatic rings. The summed E-state index contributed by atoms with van der Waals surface area (Å²) >= 11 is 12.8. The lowest BCUT2D eigenvalue weighted by Gasteiger charge is -2.15. The molecule has 0 saturated carbocycles. The monoisotopic (exact) mass is 644 g/mol. The predicted octanol–water partition coefficient (Wildman–Crippen LogP) is 4.77. The first-order chi connectivity index (χ1) is 20.2. The molecule has 0 bridgehead atoms. The Kier molecular flexibility index (Phi) is 11.0. The van der Waals surface area contributed by atoms with Crippen LogP contribution in [0.3, 0.4) is 0 Å². The number of hydrogen-bond donors (Lipinski definition) is 2. The third kappa shape index (κ3) is 7.48. The molecule has 10 nitrogen and oxygen atoms in total. The Morgan fingerprint density at radius 3 is 1.48 bits per heavy atom. The molecule has 0 aromatic heterocycles. The van der Waals surface area contributed by atoms with Crippen LogP contribution >= 0.6 is 48.0 Å². The Bertz CT molecular complexity index is 1360. The summed E-state index contributed by atoms with van der Waals surface area (Å²) in [6, 6.07) is 14.1. The SMILES string of the molecule is CCOc1ccccc1NC(=O)CCN1C(=O)/C(=C2\SC(=S)N(CCC(=O)Nc3ccccc3OCC)C2=O)SC1=S. The molecule has 0 spiro atoms. The Balaban J connectivity index is 1.35. The van der Waals surface area contributed by atoms with Gasteiger partial charge in [0, 0.05) is 25.9 Å². The highest BCUT2D eigenvalue weighted by molar-refractivity contribution is 8.29. The van der Waals surface area contributed by atoms with Crippen LogP contribution in [0.25, 0.3) is 0 Å². The molecule has 0 unspecified atom stereocenters. The summed E-state index contributed by atoms with van der Waals surface area (Å²) in [6.45, 7) is 4.69. The van der Waals surface area contributed by atoms with Gasteiger partial charge in [-0.3, -0.25) is 29.0 Å². The molecule has 2 heterocycles. The lowest BCUT2D eigenvalue weighted by molar-refractivity contribution is -0.125. The molecule has 14 heteroatoms. The number of nitrogens with one attached hydrogen (secondary N) is 2. The molecule has 0 aliphatic carbocycles. The van der Waals surface area contributed by atoms with Crippen LogP contribution in [0.15, 0.2) is 58.3 Å². The Morgan fingerprint density at radius 2 is 1.10 bits per heavy atom. The predicted molar refractivity (Wildman–Crippen MR) is 173 cm³/mol. The zero-order valence-electron chi connectivity index (χ0n) is 22.8. The van der Waals surface area contributed by atoms with E-state index in [1.54, 1.807) is 48.5 Å². The Morgan fingerprint density at radius 1 is 0.714 bits per heavy atom. The van der Waals surface area contributed by atoms with Crippen molar-refractivity contribution in [1.82, 2.24) is 9.80 Å². The average Bonchev–Trinajstić information content (AvgIpc) is 3.41. The number of ether oxygens (including phenoxy) is 2. The second kappa shape index (κ2) is 14.6. The number of thiocarbonyl (C=S) groups is 2. The van der Waals surface area contributed by atoms with E-state index in [2.05, 4.69) is 10.6 Å². The number of hydrogen-bond acceptors (Lipinski definition) is 10. The van der Waals surface area contributed by atoms with Crippen LogP contribution in [-0.2, 0) is 19.2 Å². The maximum Gasteiger partial charge on any atom is 0.267 e. The zero-order valence-corrected chi connectivity index (χ0v) is 26.1. The number of rotatable bonds is 12. The third-order valence-electron chi connectivity index (χ3n) is 5.95. The minimum absolute atomic E-state index is 0.0112. The molecule has 2 N–H and O–H groups in total. The lowest BCUT2D eigenvalue weighted by atomic mass is 10.2. The number of amides is 4. The van der Waals surface area contributed by atoms with E-state index in [0.717, 1.165) is 23.5 Å². The van der Waals surface area contributed by atoms with Gasteiger partial charge in [-0.1, -0.05) is 72.2 Å². The number of anilines is 2. The second-order valence-corrected chi connectivity index (χ2v) is 12.1. The van der Waals surface area contributed by atoms with Crippen molar-refractivity contribution in [3.8, 4) is 11.5 Å². The largest absolute Gasteiger partial charge is 0.492 e. The van der Waals surface area contributed by atoms with Crippen LogP contribution in [0.5, 0.6) is 11.5 Å². The molecule has 0 radical (unpaired) electrons. The summed E-state index contributed by atoms with van der Waals surface area (Å²) < 4.78 is 11.6. The fourth-order valence-corrected chi connectivity index (χ4v) is 6.78. The molecule has 4 amide bonds. The van der Waals surface area contributed by atoms with Gasteiger partial charge in [0.25, 0.3) is 11.8 Å². The highest BCUT2D eigenvalue weighted by Gasteiger charge is 2.42. The molecular formula is C28H28N4O6S4. The number of benzene rings is 2. The molecule has 2 aromatic carbocycles. The van der Waals surface area contributed by atoms with E-state index >= 15 is 0 Å². The standard InChI is InChI=1S/C28H28N4O6S4/c1-3-37-19-11-7-5-9-17(19)29-21(33)13-15-31-25(35)23(41-27(31)39)24-26(36)32(28(40)42-24)16-14-22(34)30-18-10-6-8-12-20(18)38-4-2/h5-12H,3-4,13-16H2,1-2H3,(H,29,33)(H,30,34)/b24-23+. The smallest absolute Gasteiger partial charge is 0.267 e. The fourth-order valence-electron chi connectivity index (χ4n) is 4.01. The number of para-hydroxylation sites is 4. The van der Waals surface area contributed by atoms with E-state index in [-0.39, 0.29) is 56.2 Å². The Hall–Kier alpha value is -3.46. The highest BCUT2D eigenvalue weighted by Crippen LogP contribution is 2.42. The van der Waals surface area contributed by atoms with Crippen molar-refractivity contribution in [3.63, 3.8) is 0 Å². The molecule has 2 fully saturated rings. The van der Waals surface area contributed by atoms with Crippen LogP contribution in [-0.4, -0.2) is 68.4 Å². The summed E-state index contributed by atoms with van der Waals surface area (Å²) in [4.78, 5) is 54.6. The van der Waals surface area contributed by atoms with Crippen molar-refractivity contribution in [1.29, 1.82) is 0 Å². The van der Waals surface area contributed by atoms with Gasteiger partial charge in [0.15, 0.2) is 0 Å². The van der Waals surface area contributed by atoms with E-state index in [1.165, 1.54) is 9.80 Å². The first-order valence-electron chi connectivity index (χ1n) is 13.1. The summed E-state index contributed by atoms with van der Waals surface area (Å²) in [6.07, 6.45) is -0.0225. The van der Waals surface area contributed by atoms with E-state index in [1.807, 2.05) is 13.8 Å². The van der Waals surface area contributed by atoms with Gasteiger partial charge >= 0.3 is 0 Å². The topological polar surface area (TPSA) is 117 Å². The first kappa shape index (κ1) is 31.5. The minimum Gasteiger partial charge on any atom is -0.492 e. The lowest BCUT2D eigenvalue weighted by Crippen LogP contribution is -2.33. The molecular weight excluding hydrogens is 617 g/mol. The summed E-state index contributed by atoms with van der Waals surface area (Å²) in [5.41, 5.74) is 1.07. The van der Waals surface area contributed by atoms with Gasteiger partial charge in [-0.25, -0.2) is 0 Å². The summed E-state index contributed by atoms with van der Waals surface area (Å²) in [5, 5.41) is 5.59. The van der Waals surface area contributed by atoms with E-state index in [4.69, 9.17) is 33.9 Å². The third-order valence-corrected chi connectivity index (χ3v) is 8.98. The van der Waals surface area contributed by atoms with E-state index < -0.39 is 11.8 Å². The maximum atomic E-state index is 13.2. The van der Waals surface area contributed by atoms with Crippen molar-refractivity contribution >= 4 is 91.6 Å². The van der Waals surface area contributed by atoms with Crippen LogP contribution < -0.4 is 20.1 Å². The highest BCUT2D eigenvalue weighted by atomic mass is 32.2. The second-order valence-electron chi connectivity index (χ2n) is 8.76. The molecule has 0 atom stereocenters. The van der Waals surface area contributed by atoms with Crippen LogP contribution in [0.4, 0.5) is 11.4 Å². The summed E-state index contributed by atoms with van der Waals surface area (Å²) in [5.74, 6) is -0.450. The van der Waals surface area contributed by atoms with Gasteiger partial charge in [-0.05, 0) is 38.1 Å². The summed E-state index contributed by atoms with van der Waals surface area (Å²) in [7, 11) is 0. The molecule has 2 saturated heterocycles. The van der Waals surface area contributed by atoms with Crippen molar-refractivity contribution < 1.29 is 28.7 Å². The van der Waals surface area contributed by atoms with E-state index in [9.17, 15) is 19.2 Å². The van der Waals surface area contributed by atoms with Gasteiger partial charge in [0.2, 0.25) is 11.8 Å². The quantitative estimate of drug-likeness (QED) is 0.247. The first-order valence-corrected chi connectivity index (χ1v) is 15.5. The van der Waals surface area contributed by atoms with Gasteiger partial charge in [-0.2, -0.15) is 0 Å².